The molecule has 1 aromatic rings. The van der Waals surface area contributed by atoms with Crippen LogP contribution in [0.4, 0.5) is 0 Å². The van der Waals surface area contributed by atoms with Crippen molar-refractivity contribution in [3.05, 3.63) is 17.7 Å². The van der Waals surface area contributed by atoms with Crippen LogP contribution in [0.1, 0.15) is 31.9 Å². The van der Waals surface area contributed by atoms with Gasteiger partial charge >= 0.3 is 0 Å². The third-order valence-corrected chi connectivity index (χ3v) is 3.81. The molecule has 0 radical (unpaired) electrons. The van der Waals surface area contributed by atoms with Gasteiger partial charge in [0.15, 0.2) is 11.5 Å². The van der Waals surface area contributed by atoms with Crippen molar-refractivity contribution in [2.24, 2.45) is 5.92 Å². The van der Waals surface area contributed by atoms with E-state index in [1.807, 2.05) is 0 Å². The van der Waals surface area contributed by atoms with Gasteiger partial charge in [0.2, 0.25) is 5.75 Å². The summed E-state index contributed by atoms with van der Waals surface area (Å²) in [7, 11) is 0. The maximum Gasteiger partial charge on any atom is 0.200 e. The van der Waals surface area contributed by atoms with Crippen LogP contribution in [0.3, 0.4) is 0 Å². The molecule has 0 saturated carbocycles. The second kappa shape index (κ2) is 6.33. The first-order valence-electron chi connectivity index (χ1n) is 7.19. The summed E-state index contributed by atoms with van der Waals surface area (Å²) in [6.07, 6.45) is 0.901. The number of phenols is 3. The molecular weight excluding hydrogens is 256 g/mol. The lowest BCUT2D eigenvalue weighted by atomic mass is 9.94. The summed E-state index contributed by atoms with van der Waals surface area (Å²) < 4.78 is 0. The zero-order chi connectivity index (χ0) is 14.7. The van der Waals surface area contributed by atoms with Crippen LogP contribution in [0, 0.1) is 5.92 Å². The lowest BCUT2D eigenvalue weighted by Gasteiger charge is -2.36. The minimum absolute atomic E-state index is 0.0589. The molecule has 1 heterocycles. The number of nitrogens with one attached hydrogen (secondary N) is 1. The zero-order valence-corrected chi connectivity index (χ0v) is 12.1. The number of nitrogens with zero attached hydrogens (tertiary/aromatic N) is 1. The first-order valence-corrected chi connectivity index (χ1v) is 7.19. The Morgan fingerprint density at radius 2 is 1.75 bits per heavy atom. The van der Waals surface area contributed by atoms with Gasteiger partial charge in [-0.3, -0.25) is 4.90 Å². The molecule has 0 unspecified atom stereocenters. The molecule has 0 amide bonds. The highest BCUT2D eigenvalue weighted by atomic mass is 16.3. The average molecular weight is 280 g/mol. The molecule has 112 valence electrons. The summed E-state index contributed by atoms with van der Waals surface area (Å²) in [6.45, 7) is 7.98. The Hall–Kier alpha value is -1.46. The predicted octanol–water partition coefficient (Wildman–Crippen LogP) is 1.80. The van der Waals surface area contributed by atoms with E-state index in [0.29, 0.717) is 11.5 Å². The van der Waals surface area contributed by atoms with Gasteiger partial charge in [0.1, 0.15) is 0 Å². The summed E-state index contributed by atoms with van der Waals surface area (Å²) in [5.74, 6) is -0.430. The Morgan fingerprint density at radius 1 is 1.10 bits per heavy atom. The first kappa shape index (κ1) is 14.9. The lowest BCUT2D eigenvalue weighted by molar-refractivity contribution is 0.151. The SMILES string of the molecule is CC(C)C[C@H](c1ccc(O)c(O)c1O)N1CCNCC1. The van der Waals surface area contributed by atoms with Crippen molar-refractivity contribution in [3.63, 3.8) is 0 Å². The number of benzene rings is 1. The smallest absolute Gasteiger partial charge is 0.200 e. The van der Waals surface area contributed by atoms with Crippen molar-refractivity contribution in [3.8, 4) is 17.2 Å². The van der Waals surface area contributed by atoms with Gasteiger partial charge in [-0.15, -0.1) is 0 Å². The van der Waals surface area contributed by atoms with E-state index in [9.17, 15) is 15.3 Å². The lowest BCUT2D eigenvalue weighted by Crippen LogP contribution is -2.45. The van der Waals surface area contributed by atoms with E-state index >= 15 is 0 Å². The normalized spacial score (nSPS) is 18.4. The minimum Gasteiger partial charge on any atom is -0.504 e. The Bertz CT molecular complexity index is 457. The van der Waals surface area contributed by atoms with Gasteiger partial charge in [0, 0.05) is 37.8 Å². The third-order valence-electron chi connectivity index (χ3n) is 3.81. The summed E-state index contributed by atoms with van der Waals surface area (Å²) in [5.41, 5.74) is 0.691. The predicted molar refractivity (Wildman–Crippen MR) is 78.1 cm³/mol. The molecule has 1 aliphatic rings. The molecule has 0 spiro atoms. The number of piperazine rings is 1. The molecule has 5 heteroatoms. The molecule has 20 heavy (non-hydrogen) atoms. The summed E-state index contributed by atoms with van der Waals surface area (Å²) >= 11 is 0. The number of hydrogen-bond donors (Lipinski definition) is 4. The molecule has 1 aliphatic heterocycles. The molecule has 2 rings (SSSR count). The Labute approximate surface area is 119 Å². The molecule has 0 bridgehead atoms. The van der Waals surface area contributed by atoms with Crippen LogP contribution < -0.4 is 5.32 Å². The molecule has 5 nitrogen and oxygen atoms in total. The van der Waals surface area contributed by atoms with Crippen molar-refractivity contribution >= 4 is 0 Å². The second-order valence-corrected chi connectivity index (χ2v) is 5.80. The number of rotatable bonds is 4. The second-order valence-electron chi connectivity index (χ2n) is 5.80. The van der Waals surface area contributed by atoms with Crippen LogP contribution in [0.25, 0.3) is 0 Å². The Balaban J connectivity index is 2.32. The molecule has 4 N–H and O–H groups in total. The molecule has 0 aromatic heterocycles. The zero-order valence-electron chi connectivity index (χ0n) is 12.1. The van der Waals surface area contributed by atoms with Gasteiger partial charge in [-0.1, -0.05) is 13.8 Å². The minimum atomic E-state index is -0.425. The summed E-state index contributed by atoms with van der Waals surface area (Å²) in [5, 5.41) is 32.7. The van der Waals surface area contributed by atoms with Crippen molar-refractivity contribution in [2.75, 3.05) is 26.2 Å². The highest BCUT2D eigenvalue weighted by molar-refractivity contribution is 5.54. The van der Waals surface area contributed by atoms with E-state index in [-0.39, 0.29) is 17.5 Å². The molecule has 1 fully saturated rings. The fourth-order valence-electron chi connectivity index (χ4n) is 2.77. The van der Waals surface area contributed by atoms with Crippen molar-refractivity contribution < 1.29 is 15.3 Å². The maximum atomic E-state index is 10.1. The van der Waals surface area contributed by atoms with E-state index < -0.39 is 5.75 Å². The van der Waals surface area contributed by atoms with Gasteiger partial charge < -0.3 is 20.6 Å². The van der Waals surface area contributed by atoms with E-state index in [2.05, 4.69) is 24.1 Å². The quantitative estimate of drug-likeness (QED) is 0.633. The van der Waals surface area contributed by atoms with Gasteiger partial charge in [-0.25, -0.2) is 0 Å². The average Bonchev–Trinajstić information content (AvgIpc) is 2.44. The van der Waals surface area contributed by atoms with Gasteiger partial charge in [-0.2, -0.15) is 0 Å². The molecule has 1 aromatic carbocycles. The van der Waals surface area contributed by atoms with Crippen LogP contribution in [0.2, 0.25) is 0 Å². The fourth-order valence-corrected chi connectivity index (χ4v) is 2.77. The number of hydrogen-bond acceptors (Lipinski definition) is 5. The van der Waals surface area contributed by atoms with Crippen LogP contribution in [0.15, 0.2) is 12.1 Å². The number of aromatic hydroxyl groups is 3. The monoisotopic (exact) mass is 280 g/mol. The maximum absolute atomic E-state index is 10.1. The van der Waals surface area contributed by atoms with Crippen molar-refractivity contribution in [1.29, 1.82) is 0 Å². The van der Waals surface area contributed by atoms with Gasteiger partial charge in [-0.05, 0) is 24.5 Å². The Kier molecular flexibility index (Phi) is 4.73. The standard InChI is InChI=1S/C15H24N2O3/c1-10(2)9-12(17-7-5-16-6-8-17)11-3-4-13(18)15(20)14(11)19/h3-4,10,12,16,18-20H,5-9H2,1-2H3/t12-/m1/s1. The van der Waals surface area contributed by atoms with Crippen LogP contribution in [-0.2, 0) is 0 Å². The highest BCUT2D eigenvalue weighted by Gasteiger charge is 2.27. The molecule has 0 aliphatic carbocycles. The van der Waals surface area contributed by atoms with Crippen molar-refractivity contribution in [2.45, 2.75) is 26.3 Å². The summed E-state index contributed by atoms with van der Waals surface area (Å²) in [4.78, 5) is 2.32. The fraction of sp³-hybridized carbons (Fsp3) is 0.600. The summed E-state index contributed by atoms with van der Waals surface area (Å²) in [6, 6.07) is 3.21. The highest BCUT2D eigenvalue weighted by Crippen LogP contribution is 2.42. The van der Waals surface area contributed by atoms with E-state index in [0.717, 1.165) is 32.6 Å². The number of phenolic OH excluding ortho intramolecular Hbond substituents is 3. The third kappa shape index (κ3) is 3.16. The van der Waals surface area contributed by atoms with E-state index in [1.54, 1.807) is 6.07 Å². The molecular formula is C15H24N2O3. The van der Waals surface area contributed by atoms with Crippen LogP contribution in [-0.4, -0.2) is 46.4 Å². The van der Waals surface area contributed by atoms with Crippen LogP contribution in [0.5, 0.6) is 17.2 Å². The van der Waals surface area contributed by atoms with Gasteiger partial charge in [0.05, 0.1) is 0 Å². The van der Waals surface area contributed by atoms with Crippen molar-refractivity contribution in [1.82, 2.24) is 10.2 Å². The van der Waals surface area contributed by atoms with E-state index in [4.69, 9.17) is 0 Å². The topological polar surface area (TPSA) is 76.0 Å². The van der Waals surface area contributed by atoms with Gasteiger partial charge in [0.25, 0.3) is 0 Å². The van der Waals surface area contributed by atoms with Crippen LogP contribution >= 0.6 is 0 Å². The molecule has 1 saturated heterocycles. The van der Waals surface area contributed by atoms with E-state index in [1.165, 1.54) is 6.07 Å². The largest absolute Gasteiger partial charge is 0.504 e. The Morgan fingerprint density at radius 3 is 2.35 bits per heavy atom. The molecule has 1 atom stereocenters. The first-order chi connectivity index (χ1) is 9.50.